The minimum Gasteiger partial charge on any atom is -0.508 e. The number of hydrogen-bond acceptors (Lipinski definition) is 9. The summed E-state index contributed by atoms with van der Waals surface area (Å²) in [6.07, 6.45) is 5.51. The zero-order valence-electron chi connectivity index (χ0n) is 28.6. The van der Waals surface area contributed by atoms with E-state index in [-0.39, 0.29) is 43.8 Å². The van der Waals surface area contributed by atoms with Gasteiger partial charge in [-0.25, -0.2) is 4.79 Å². The lowest BCUT2D eigenvalue weighted by molar-refractivity contribution is -0.142. The highest BCUT2D eigenvalue weighted by atomic mass is 16.4. The van der Waals surface area contributed by atoms with Crippen LogP contribution < -0.4 is 38.1 Å². The smallest absolute Gasteiger partial charge is 0.326 e. The van der Waals surface area contributed by atoms with Crippen molar-refractivity contribution < 1.29 is 39.0 Å². The molecule has 1 aromatic rings. The van der Waals surface area contributed by atoms with Gasteiger partial charge in [0.1, 0.15) is 36.0 Å². The predicted molar refractivity (Wildman–Crippen MR) is 183 cm³/mol. The van der Waals surface area contributed by atoms with Gasteiger partial charge in [0.05, 0.1) is 6.04 Å². The highest BCUT2D eigenvalue weighted by Gasteiger charge is 2.33. The topological polar surface area (TPSA) is 255 Å². The van der Waals surface area contributed by atoms with E-state index in [0.29, 0.717) is 37.8 Å². The second kappa shape index (κ2) is 20.8. The van der Waals surface area contributed by atoms with Crippen LogP contribution in [0.2, 0.25) is 0 Å². The minimum absolute atomic E-state index is 0.00258. The van der Waals surface area contributed by atoms with E-state index in [1.54, 1.807) is 24.3 Å². The molecule has 11 N–H and O–H groups in total. The number of benzene rings is 1. The number of carbonyl (C=O) groups excluding carboxylic acids is 5. The Morgan fingerprint density at radius 3 is 2.10 bits per heavy atom. The average molecular weight is 688 g/mol. The van der Waals surface area contributed by atoms with Crippen LogP contribution in [-0.2, 0) is 35.2 Å². The largest absolute Gasteiger partial charge is 0.508 e. The molecular weight excluding hydrogens is 634 g/mol. The van der Waals surface area contributed by atoms with E-state index in [0.717, 1.165) is 0 Å². The van der Waals surface area contributed by atoms with Crippen LogP contribution in [0.15, 0.2) is 36.4 Å². The first-order valence-electron chi connectivity index (χ1n) is 16.9. The molecule has 49 heavy (non-hydrogen) atoms. The number of phenols is 1. The first-order chi connectivity index (χ1) is 23.2. The molecule has 1 aromatic carbocycles. The maximum Gasteiger partial charge on any atom is 0.326 e. The van der Waals surface area contributed by atoms with E-state index < -0.39 is 71.8 Å². The summed E-state index contributed by atoms with van der Waals surface area (Å²) in [5.74, 6) is -4.50. The Hall–Kier alpha value is -4.50. The summed E-state index contributed by atoms with van der Waals surface area (Å²) in [6.45, 7) is 5.85. The summed E-state index contributed by atoms with van der Waals surface area (Å²) in [5, 5.41) is 32.7. The Morgan fingerprint density at radius 1 is 0.878 bits per heavy atom. The lowest BCUT2D eigenvalue weighted by atomic mass is 10.0. The van der Waals surface area contributed by atoms with E-state index in [2.05, 4.69) is 26.6 Å². The first kappa shape index (κ1) is 40.7. The number of carboxylic acids is 1. The molecule has 0 spiro atoms. The summed E-state index contributed by atoms with van der Waals surface area (Å²) in [6, 6.07) is -0.679. The van der Waals surface area contributed by atoms with Gasteiger partial charge in [0, 0.05) is 6.42 Å². The lowest BCUT2D eigenvalue weighted by Gasteiger charge is -2.27. The Bertz CT molecular complexity index is 1300. The fourth-order valence-corrected chi connectivity index (χ4v) is 5.27. The maximum atomic E-state index is 13.8. The molecule has 2 rings (SSSR count). The molecule has 272 valence electrons. The van der Waals surface area contributed by atoms with Crippen molar-refractivity contribution in [3.8, 4) is 5.75 Å². The van der Waals surface area contributed by atoms with Gasteiger partial charge >= 0.3 is 5.97 Å². The van der Waals surface area contributed by atoms with Gasteiger partial charge in [-0.2, -0.15) is 0 Å². The molecule has 1 aliphatic heterocycles. The van der Waals surface area contributed by atoms with Gasteiger partial charge in [-0.3, -0.25) is 24.0 Å². The van der Waals surface area contributed by atoms with Crippen molar-refractivity contribution in [1.82, 2.24) is 26.6 Å². The molecule has 15 heteroatoms. The third-order valence-electron chi connectivity index (χ3n) is 8.02. The van der Waals surface area contributed by atoms with E-state index in [9.17, 15) is 39.0 Å². The number of carboxylic acid groups (broad SMARTS) is 1. The molecular formula is C34H53N7O8. The van der Waals surface area contributed by atoms with Gasteiger partial charge in [0.25, 0.3) is 0 Å². The summed E-state index contributed by atoms with van der Waals surface area (Å²) in [5.41, 5.74) is 12.3. The summed E-state index contributed by atoms with van der Waals surface area (Å²) < 4.78 is 0. The molecule has 1 aliphatic rings. The van der Waals surface area contributed by atoms with Gasteiger partial charge in [0.15, 0.2) is 0 Å². The number of nitrogens with one attached hydrogen (secondary N) is 5. The molecule has 0 unspecified atom stereocenters. The molecule has 1 heterocycles. The number of phenolic OH excluding ortho intramolecular Hbond substituents is 1. The third-order valence-corrected chi connectivity index (χ3v) is 8.02. The molecule has 0 aromatic heterocycles. The Morgan fingerprint density at radius 2 is 1.49 bits per heavy atom. The number of aromatic hydroxyl groups is 1. The van der Waals surface area contributed by atoms with Crippen molar-refractivity contribution in [3.63, 3.8) is 0 Å². The SMILES string of the molecule is CCC[C@@H]1NC(=O)[C@@H](N)C/C=C/C[C@@H](C(=O)N[C@@H](Cc2ccc(O)cc2)C(=O)N[C@@H](CC(C)C)C(=O)O)NC(=O)[C@H](CCCCN)NC1=O. The van der Waals surface area contributed by atoms with Crippen molar-refractivity contribution in [3.05, 3.63) is 42.0 Å². The highest BCUT2D eigenvalue weighted by Crippen LogP contribution is 2.13. The number of carbonyl (C=O) groups is 6. The normalized spacial score (nSPS) is 22.4. The minimum atomic E-state index is -1.26. The lowest BCUT2D eigenvalue weighted by Crippen LogP contribution is -2.59. The number of amides is 5. The fourth-order valence-electron chi connectivity index (χ4n) is 5.27. The monoisotopic (exact) mass is 687 g/mol. The van der Waals surface area contributed by atoms with Crippen molar-refractivity contribution in [2.75, 3.05) is 6.54 Å². The Balaban J connectivity index is 2.43. The Labute approximate surface area is 287 Å². The number of unbranched alkanes of at least 4 members (excludes halogenated alkanes) is 1. The second-order valence-electron chi connectivity index (χ2n) is 12.8. The van der Waals surface area contributed by atoms with Crippen molar-refractivity contribution in [1.29, 1.82) is 0 Å². The van der Waals surface area contributed by atoms with Gasteiger partial charge in [-0.15, -0.1) is 0 Å². The van der Waals surface area contributed by atoms with Crippen LogP contribution in [0.5, 0.6) is 5.75 Å². The quantitative estimate of drug-likeness (QED) is 0.0887. The van der Waals surface area contributed by atoms with Crippen LogP contribution in [0, 0.1) is 5.92 Å². The third kappa shape index (κ3) is 14.3. The highest BCUT2D eigenvalue weighted by molar-refractivity contribution is 5.96. The molecule has 0 aliphatic carbocycles. The molecule has 15 nitrogen and oxygen atoms in total. The van der Waals surface area contributed by atoms with Gasteiger partial charge < -0.3 is 48.3 Å². The van der Waals surface area contributed by atoms with Crippen molar-refractivity contribution >= 4 is 35.5 Å². The number of nitrogens with two attached hydrogens (primary N) is 2. The zero-order chi connectivity index (χ0) is 36.5. The van der Waals surface area contributed by atoms with Gasteiger partial charge in [-0.1, -0.05) is 51.5 Å². The van der Waals surface area contributed by atoms with Crippen LogP contribution in [0.1, 0.15) is 77.7 Å². The fraction of sp³-hybridized carbons (Fsp3) is 0.588. The molecule has 0 saturated carbocycles. The predicted octanol–water partition coefficient (Wildman–Crippen LogP) is 0.0958. The number of hydrogen-bond donors (Lipinski definition) is 9. The summed E-state index contributed by atoms with van der Waals surface area (Å²) in [7, 11) is 0. The molecule has 6 atom stereocenters. The van der Waals surface area contributed by atoms with Crippen LogP contribution >= 0.6 is 0 Å². The summed E-state index contributed by atoms with van der Waals surface area (Å²) in [4.78, 5) is 79.0. The standard InChI is InChI=1S/C34H53N7O8/c1-4-9-24-30(44)38-26(12-7-8-17-35)31(45)39-25(11-6-5-10-23(36)29(43)37-24)32(46)40-27(19-21-13-15-22(42)16-14-21)33(47)41-28(34(48)49)18-20(2)3/h5-6,13-16,20,23-28,42H,4,7-12,17-19,35-36H2,1-3H3,(H,37,43)(H,38,44)(H,39,45)(H,40,46)(H,41,47)(H,48,49)/b6-5+/t23-,24-,25-,26-,27-,28-/m0/s1. The van der Waals surface area contributed by atoms with Gasteiger partial charge in [-0.05, 0) is 75.1 Å². The second-order valence-corrected chi connectivity index (χ2v) is 12.8. The molecule has 0 bridgehead atoms. The number of rotatable bonds is 15. The van der Waals surface area contributed by atoms with Crippen LogP contribution in [0.25, 0.3) is 0 Å². The van der Waals surface area contributed by atoms with E-state index in [1.165, 1.54) is 12.1 Å². The molecule has 0 fully saturated rings. The van der Waals surface area contributed by atoms with Crippen LogP contribution in [-0.4, -0.2) is 88.5 Å². The maximum absolute atomic E-state index is 13.8. The Kier molecular flexibility index (Phi) is 17.2. The number of aliphatic carboxylic acids is 1. The first-order valence-corrected chi connectivity index (χ1v) is 16.9. The van der Waals surface area contributed by atoms with Crippen molar-refractivity contribution in [2.45, 2.75) is 115 Å². The van der Waals surface area contributed by atoms with Gasteiger partial charge in [0.2, 0.25) is 29.5 Å². The van der Waals surface area contributed by atoms with Crippen LogP contribution in [0.4, 0.5) is 0 Å². The van der Waals surface area contributed by atoms with Crippen molar-refractivity contribution in [2.24, 2.45) is 17.4 Å². The van der Waals surface area contributed by atoms with E-state index in [4.69, 9.17) is 11.5 Å². The van der Waals surface area contributed by atoms with E-state index >= 15 is 0 Å². The van der Waals surface area contributed by atoms with Crippen LogP contribution in [0.3, 0.4) is 0 Å². The molecule has 0 radical (unpaired) electrons. The average Bonchev–Trinajstić information content (AvgIpc) is 3.04. The summed E-state index contributed by atoms with van der Waals surface area (Å²) >= 11 is 0. The molecule has 5 amide bonds. The molecule has 0 saturated heterocycles. The van der Waals surface area contributed by atoms with E-state index in [1.807, 2.05) is 20.8 Å². The zero-order valence-corrected chi connectivity index (χ0v) is 28.6.